The number of pyridine rings is 1. The predicted octanol–water partition coefficient (Wildman–Crippen LogP) is 3.85. The van der Waals surface area contributed by atoms with Crippen LogP contribution in [0.2, 0.25) is 10.4 Å². The SMILES string of the molecule is Fc1c(Cl)ncc2c(N3CC4CCCC3C4)nc(Cl)nc12. The second kappa shape index (κ2) is 4.92. The number of hydrogen-bond donors (Lipinski definition) is 0. The zero-order chi connectivity index (χ0) is 14.6. The van der Waals surface area contributed by atoms with Gasteiger partial charge in [-0.2, -0.15) is 4.98 Å². The van der Waals surface area contributed by atoms with Crippen LogP contribution >= 0.6 is 23.2 Å². The molecule has 0 amide bonds. The third kappa shape index (κ3) is 2.14. The van der Waals surface area contributed by atoms with Crippen molar-refractivity contribution in [1.82, 2.24) is 15.0 Å². The largest absolute Gasteiger partial charge is 0.353 e. The highest BCUT2D eigenvalue weighted by Gasteiger charge is 2.37. The van der Waals surface area contributed by atoms with Gasteiger partial charge < -0.3 is 4.90 Å². The van der Waals surface area contributed by atoms with Gasteiger partial charge in [-0.3, -0.25) is 0 Å². The second-order valence-electron chi connectivity index (χ2n) is 5.78. The van der Waals surface area contributed by atoms with E-state index in [0.29, 0.717) is 23.2 Å². The van der Waals surface area contributed by atoms with Crippen molar-refractivity contribution in [2.75, 3.05) is 11.4 Å². The monoisotopic (exact) mass is 326 g/mol. The van der Waals surface area contributed by atoms with Gasteiger partial charge in [0.25, 0.3) is 0 Å². The van der Waals surface area contributed by atoms with Crippen LogP contribution in [0.3, 0.4) is 0 Å². The van der Waals surface area contributed by atoms with Gasteiger partial charge in [-0.05, 0) is 36.8 Å². The number of halogens is 3. The Morgan fingerprint density at radius 1 is 1.24 bits per heavy atom. The fourth-order valence-corrected chi connectivity index (χ4v) is 3.91. The van der Waals surface area contributed by atoms with Crippen LogP contribution in [-0.4, -0.2) is 27.5 Å². The molecule has 1 aliphatic carbocycles. The number of fused-ring (bicyclic) bond motifs is 3. The lowest BCUT2D eigenvalue weighted by Crippen LogP contribution is -2.29. The smallest absolute Gasteiger partial charge is 0.225 e. The van der Waals surface area contributed by atoms with Gasteiger partial charge in [0, 0.05) is 18.8 Å². The van der Waals surface area contributed by atoms with Gasteiger partial charge in [0.15, 0.2) is 11.0 Å². The van der Waals surface area contributed by atoms with Crippen molar-refractivity contribution in [3.63, 3.8) is 0 Å². The Bertz CT molecular complexity index is 724. The number of aromatic nitrogens is 3. The molecule has 7 heteroatoms. The quantitative estimate of drug-likeness (QED) is 0.589. The van der Waals surface area contributed by atoms with Gasteiger partial charge in [0.2, 0.25) is 5.28 Å². The van der Waals surface area contributed by atoms with Crippen molar-refractivity contribution in [3.05, 3.63) is 22.5 Å². The molecule has 0 N–H and O–H groups in total. The first-order valence-electron chi connectivity index (χ1n) is 7.07. The molecule has 2 unspecified atom stereocenters. The summed E-state index contributed by atoms with van der Waals surface area (Å²) < 4.78 is 14.2. The van der Waals surface area contributed by atoms with Crippen LogP contribution in [0.25, 0.3) is 10.9 Å². The van der Waals surface area contributed by atoms with E-state index in [0.717, 1.165) is 13.0 Å². The topological polar surface area (TPSA) is 41.9 Å². The normalized spacial score (nSPS) is 24.8. The summed E-state index contributed by atoms with van der Waals surface area (Å²) >= 11 is 11.7. The molecule has 1 aliphatic heterocycles. The van der Waals surface area contributed by atoms with Crippen molar-refractivity contribution < 1.29 is 4.39 Å². The van der Waals surface area contributed by atoms with Crippen molar-refractivity contribution >= 4 is 39.9 Å². The van der Waals surface area contributed by atoms with Crippen LogP contribution in [0.5, 0.6) is 0 Å². The van der Waals surface area contributed by atoms with Gasteiger partial charge in [-0.25, -0.2) is 14.4 Å². The van der Waals surface area contributed by atoms with Gasteiger partial charge in [0.05, 0.1) is 5.39 Å². The fourth-order valence-electron chi connectivity index (χ4n) is 3.61. The average molecular weight is 327 g/mol. The molecule has 2 aromatic rings. The van der Waals surface area contributed by atoms with Crippen molar-refractivity contribution in [2.45, 2.75) is 31.7 Å². The minimum Gasteiger partial charge on any atom is -0.353 e. The molecule has 2 aromatic heterocycles. The van der Waals surface area contributed by atoms with Crippen LogP contribution in [0.15, 0.2) is 6.20 Å². The lowest BCUT2D eigenvalue weighted by Gasteiger charge is -2.26. The summed E-state index contributed by atoms with van der Waals surface area (Å²) in [6.07, 6.45) is 6.34. The third-order valence-corrected chi connectivity index (χ3v) is 4.95. The first-order valence-corrected chi connectivity index (χ1v) is 7.83. The summed E-state index contributed by atoms with van der Waals surface area (Å²) in [6.45, 7) is 0.942. The van der Waals surface area contributed by atoms with E-state index in [1.807, 2.05) is 0 Å². The first-order chi connectivity index (χ1) is 10.1. The Balaban J connectivity index is 1.90. The molecule has 2 atom stereocenters. The Kier molecular flexibility index (Phi) is 3.15. The van der Waals surface area contributed by atoms with Crippen molar-refractivity contribution in [1.29, 1.82) is 0 Å². The summed E-state index contributed by atoms with van der Waals surface area (Å²) in [5, 5.41) is 0.428. The van der Waals surface area contributed by atoms with Gasteiger partial charge in [-0.1, -0.05) is 18.0 Å². The summed E-state index contributed by atoms with van der Waals surface area (Å²) in [7, 11) is 0. The van der Waals surface area contributed by atoms with Gasteiger partial charge >= 0.3 is 0 Å². The summed E-state index contributed by atoms with van der Waals surface area (Å²) in [4.78, 5) is 14.5. The molecular formula is C14H13Cl2FN4. The van der Waals surface area contributed by atoms with E-state index in [9.17, 15) is 4.39 Å². The zero-order valence-corrected chi connectivity index (χ0v) is 12.7. The van der Waals surface area contributed by atoms with E-state index >= 15 is 0 Å². The van der Waals surface area contributed by atoms with E-state index in [1.165, 1.54) is 25.5 Å². The van der Waals surface area contributed by atoms with Crippen LogP contribution in [0.4, 0.5) is 10.2 Å². The predicted molar refractivity (Wildman–Crippen MR) is 80.4 cm³/mol. The third-order valence-electron chi connectivity index (χ3n) is 4.52. The molecule has 4 nitrogen and oxygen atoms in total. The fraction of sp³-hybridized carbons (Fsp3) is 0.500. The summed E-state index contributed by atoms with van der Waals surface area (Å²) in [6, 6.07) is 0.455. The van der Waals surface area contributed by atoms with Crippen molar-refractivity contribution in [3.8, 4) is 0 Å². The van der Waals surface area contributed by atoms with Gasteiger partial charge in [-0.15, -0.1) is 0 Å². The maximum Gasteiger partial charge on any atom is 0.225 e. The second-order valence-corrected chi connectivity index (χ2v) is 6.48. The molecule has 1 saturated heterocycles. The molecule has 21 heavy (non-hydrogen) atoms. The lowest BCUT2D eigenvalue weighted by atomic mass is 9.90. The maximum absolute atomic E-state index is 14.2. The Morgan fingerprint density at radius 2 is 2.10 bits per heavy atom. The Labute approximate surface area is 131 Å². The molecular weight excluding hydrogens is 314 g/mol. The van der Waals surface area contributed by atoms with Crippen molar-refractivity contribution in [2.24, 2.45) is 5.92 Å². The number of anilines is 1. The molecule has 0 spiro atoms. The highest BCUT2D eigenvalue weighted by atomic mass is 35.5. The highest BCUT2D eigenvalue weighted by Crippen LogP contribution is 2.40. The summed E-state index contributed by atoms with van der Waals surface area (Å²) in [5.74, 6) is 0.738. The van der Waals surface area contributed by atoms with Crippen LogP contribution < -0.4 is 4.90 Å². The van der Waals surface area contributed by atoms with Crippen LogP contribution in [0, 0.1) is 11.7 Å². The minimum atomic E-state index is -0.637. The van der Waals surface area contributed by atoms with Gasteiger partial charge in [0.1, 0.15) is 11.3 Å². The molecule has 0 radical (unpaired) electrons. The Morgan fingerprint density at radius 3 is 2.90 bits per heavy atom. The van der Waals surface area contributed by atoms with E-state index in [4.69, 9.17) is 23.2 Å². The highest BCUT2D eigenvalue weighted by molar-refractivity contribution is 6.30. The minimum absolute atomic E-state index is 0.0418. The molecule has 110 valence electrons. The summed E-state index contributed by atoms with van der Waals surface area (Å²) in [5.41, 5.74) is 0.145. The van der Waals surface area contributed by atoms with E-state index < -0.39 is 5.82 Å². The molecule has 2 fully saturated rings. The number of nitrogens with zero attached hydrogens (tertiary/aromatic N) is 4. The van der Waals surface area contributed by atoms with Crippen LogP contribution in [0.1, 0.15) is 25.7 Å². The standard InChI is InChI=1S/C14H13Cl2FN4/c15-12-10(17)11-9(5-18-12)13(20-14(16)19-11)21-6-7-2-1-3-8(21)4-7/h5,7-8H,1-4,6H2. The number of rotatable bonds is 1. The first kappa shape index (κ1) is 13.5. The molecule has 2 aliphatic rings. The Hall–Kier alpha value is -1.20. The molecule has 1 saturated carbocycles. The van der Waals surface area contributed by atoms with E-state index in [2.05, 4.69) is 19.9 Å². The van der Waals surface area contributed by atoms with E-state index in [1.54, 1.807) is 0 Å². The zero-order valence-electron chi connectivity index (χ0n) is 11.2. The molecule has 3 heterocycles. The molecule has 4 rings (SSSR count). The average Bonchev–Trinajstić information content (AvgIpc) is 2.77. The van der Waals surface area contributed by atoms with Crippen LogP contribution in [-0.2, 0) is 0 Å². The van der Waals surface area contributed by atoms with E-state index in [-0.39, 0.29) is 16.0 Å². The molecule has 0 aromatic carbocycles. The number of hydrogen-bond acceptors (Lipinski definition) is 4. The molecule has 2 bridgehead atoms. The maximum atomic E-state index is 14.2. The lowest BCUT2D eigenvalue weighted by molar-refractivity contribution is 0.415.